The SMILES string of the molecule is O=C(c1ccc(C2SC=CS2)cc1)C(O)c1ccc(C2SC=CS2)cc1. The number of hydrogen-bond acceptors (Lipinski definition) is 6. The molecule has 0 fully saturated rings. The lowest BCUT2D eigenvalue weighted by molar-refractivity contribution is 0.0747. The van der Waals surface area contributed by atoms with Gasteiger partial charge in [-0.3, -0.25) is 4.79 Å². The molecule has 0 aliphatic carbocycles. The van der Waals surface area contributed by atoms with E-state index in [1.165, 1.54) is 11.1 Å². The summed E-state index contributed by atoms with van der Waals surface area (Å²) in [6.07, 6.45) is -1.13. The Hall–Kier alpha value is -1.05. The van der Waals surface area contributed by atoms with E-state index in [0.717, 1.165) is 0 Å². The lowest BCUT2D eigenvalue weighted by Gasteiger charge is -2.14. The minimum atomic E-state index is -1.13. The van der Waals surface area contributed by atoms with Crippen LogP contribution in [0.4, 0.5) is 0 Å². The fraction of sp³-hybridized carbons (Fsp3) is 0.150. The number of benzene rings is 2. The summed E-state index contributed by atoms with van der Waals surface area (Å²) in [4.78, 5) is 12.6. The number of rotatable bonds is 5. The number of hydrogen-bond donors (Lipinski definition) is 1. The summed E-state index contributed by atoms with van der Waals surface area (Å²) in [6, 6.07) is 15.3. The average Bonchev–Trinajstić information content (AvgIpc) is 3.41. The summed E-state index contributed by atoms with van der Waals surface area (Å²) in [6.45, 7) is 0. The van der Waals surface area contributed by atoms with Gasteiger partial charge < -0.3 is 5.11 Å². The van der Waals surface area contributed by atoms with Crippen molar-refractivity contribution in [2.75, 3.05) is 0 Å². The van der Waals surface area contributed by atoms with Crippen LogP contribution in [0.2, 0.25) is 0 Å². The summed E-state index contributed by atoms with van der Waals surface area (Å²) in [5.41, 5.74) is 3.55. The highest BCUT2D eigenvalue weighted by molar-refractivity contribution is 8.22. The van der Waals surface area contributed by atoms with Gasteiger partial charge in [0.25, 0.3) is 0 Å². The number of carbonyl (C=O) groups is 1. The first-order valence-corrected chi connectivity index (χ1v) is 11.8. The minimum Gasteiger partial charge on any atom is -0.380 e. The van der Waals surface area contributed by atoms with E-state index in [0.29, 0.717) is 20.3 Å². The highest BCUT2D eigenvalue weighted by Crippen LogP contribution is 2.47. The average molecular weight is 417 g/mol. The molecule has 132 valence electrons. The molecule has 0 saturated carbocycles. The highest BCUT2D eigenvalue weighted by Gasteiger charge is 2.21. The number of aliphatic hydroxyl groups is 1. The van der Waals surface area contributed by atoms with Crippen LogP contribution in [0.15, 0.2) is 70.2 Å². The van der Waals surface area contributed by atoms with Gasteiger partial charge in [0.1, 0.15) is 6.10 Å². The van der Waals surface area contributed by atoms with Crippen molar-refractivity contribution in [3.05, 3.63) is 92.4 Å². The molecule has 0 spiro atoms. The van der Waals surface area contributed by atoms with E-state index in [4.69, 9.17) is 0 Å². The molecule has 0 bridgehead atoms. The molecule has 2 aliphatic heterocycles. The molecule has 26 heavy (non-hydrogen) atoms. The zero-order valence-corrected chi connectivity index (χ0v) is 16.9. The smallest absolute Gasteiger partial charge is 0.195 e. The predicted molar refractivity (Wildman–Crippen MR) is 116 cm³/mol. The van der Waals surface area contributed by atoms with Crippen LogP contribution >= 0.6 is 47.0 Å². The monoisotopic (exact) mass is 416 g/mol. The van der Waals surface area contributed by atoms with Crippen molar-refractivity contribution >= 4 is 52.8 Å². The van der Waals surface area contributed by atoms with Gasteiger partial charge >= 0.3 is 0 Å². The fourth-order valence-electron chi connectivity index (χ4n) is 2.74. The zero-order valence-electron chi connectivity index (χ0n) is 13.6. The molecule has 2 nitrogen and oxygen atoms in total. The first kappa shape index (κ1) is 18.3. The minimum absolute atomic E-state index is 0.263. The number of ketones is 1. The van der Waals surface area contributed by atoms with Gasteiger partial charge in [-0.1, -0.05) is 48.5 Å². The second kappa shape index (κ2) is 8.31. The lowest BCUT2D eigenvalue weighted by Crippen LogP contribution is -2.12. The first-order valence-electron chi connectivity index (χ1n) is 8.06. The van der Waals surface area contributed by atoms with Gasteiger partial charge in [-0.05, 0) is 38.3 Å². The van der Waals surface area contributed by atoms with E-state index in [1.54, 1.807) is 47.0 Å². The molecule has 2 aromatic rings. The molecular weight excluding hydrogens is 400 g/mol. The van der Waals surface area contributed by atoms with E-state index < -0.39 is 6.10 Å². The molecular formula is C20H16O2S4. The van der Waals surface area contributed by atoms with Crippen LogP contribution < -0.4 is 0 Å². The molecule has 0 saturated heterocycles. The van der Waals surface area contributed by atoms with Crippen LogP contribution in [-0.2, 0) is 0 Å². The van der Waals surface area contributed by atoms with E-state index in [9.17, 15) is 9.90 Å². The molecule has 1 N–H and O–H groups in total. The van der Waals surface area contributed by atoms with E-state index in [-0.39, 0.29) is 5.78 Å². The van der Waals surface area contributed by atoms with Crippen LogP contribution in [0, 0.1) is 0 Å². The molecule has 1 unspecified atom stereocenters. The van der Waals surface area contributed by atoms with Gasteiger partial charge in [0.2, 0.25) is 0 Å². The molecule has 0 radical (unpaired) electrons. The van der Waals surface area contributed by atoms with Crippen molar-refractivity contribution in [3.63, 3.8) is 0 Å². The summed E-state index contributed by atoms with van der Waals surface area (Å²) in [5, 5.41) is 18.8. The standard InChI is InChI=1S/C20H16O2S4/c21-17(13-1-5-15(6-2-13)19-23-9-10-24-19)18(22)14-3-7-16(8-4-14)20-25-11-12-26-20/h1-12,17,19-21H. The Balaban J connectivity index is 1.45. The van der Waals surface area contributed by atoms with Crippen LogP contribution in [0.1, 0.15) is 42.3 Å². The summed E-state index contributed by atoms with van der Waals surface area (Å²) in [7, 11) is 0. The van der Waals surface area contributed by atoms with Crippen LogP contribution in [-0.4, -0.2) is 10.9 Å². The highest BCUT2D eigenvalue weighted by atomic mass is 32.2. The molecule has 0 amide bonds. The fourth-order valence-corrected chi connectivity index (χ4v) is 6.88. The van der Waals surface area contributed by atoms with Gasteiger partial charge in [0.15, 0.2) is 5.78 Å². The predicted octanol–water partition coefficient (Wildman–Crippen LogP) is 6.50. The molecule has 4 rings (SSSR count). The van der Waals surface area contributed by atoms with Crippen molar-refractivity contribution in [1.82, 2.24) is 0 Å². The summed E-state index contributed by atoms with van der Waals surface area (Å²) < 4.78 is 0.725. The Morgan fingerprint density at radius 3 is 1.62 bits per heavy atom. The van der Waals surface area contributed by atoms with Gasteiger partial charge in [-0.15, -0.1) is 47.0 Å². The van der Waals surface area contributed by atoms with E-state index in [2.05, 4.69) is 21.6 Å². The molecule has 2 aliphatic rings. The van der Waals surface area contributed by atoms with Crippen molar-refractivity contribution in [3.8, 4) is 0 Å². The topological polar surface area (TPSA) is 37.3 Å². The summed E-state index contributed by atoms with van der Waals surface area (Å²) in [5.74, 6) is -0.263. The lowest BCUT2D eigenvalue weighted by atomic mass is 9.98. The normalized spacial score (nSPS) is 18.5. The molecule has 6 heteroatoms. The summed E-state index contributed by atoms with van der Waals surface area (Å²) >= 11 is 7.07. The second-order valence-corrected chi connectivity index (χ2v) is 10.5. The maximum atomic E-state index is 12.6. The molecule has 0 aromatic heterocycles. The third-order valence-electron chi connectivity index (χ3n) is 4.16. The van der Waals surface area contributed by atoms with Crippen LogP contribution in [0.3, 0.4) is 0 Å². The van der Waals surface area contributed by atoms with Gasteiger partial charge in [0, 0.05) is 5.56 Å². The van der Waals surface area contributed by atoms with Crippen molar-refractivity contribution in [1.29, 1.82) is 0 Å². The van der Waals surface area contributed by atoms with Crippen molar-refractivity contribution < 1.29 is 9.90 Å². The Kier molecular flexibility index (Phi) is 5.86. The van der Waals surface area contributed by atoms with Crippen molar-refractivity contribution in [2.24, 2.45) is 0 Å². The molecule has 2 heterocycles. The Bertz CT molecular complexity index is 827. The Labute approximate surface area is 169 Å². The van der Waals surface area contributed by atoms with E-state index >= 15 is 0 Å². The zero-order chi connectivity index (χ0) is 17.9. The van der Waals surface area contributed by atoms with Crippen LogP contribution in [0.25, 0.3) is 0 Å². The Morgan fingerprint density at radius 2 is 1.15 bits per heavy atom. The molecule has 2 aromatic carbocycles. The third kappa shape index (κ3) is 3.94. The number of Topliss-reactive ketones (excluding diaryl/α,β-unsaturated/α-hetero) is 1. The largest absolute Gasteiger partial charge is 0.380 e. The van der Waals surface area contributed by atoms with Gasteiger partial charge in [-0.2, -0.15) is 0 Å². The Morgan fingerprint density at radius 1 is 0.731 bits per heavy atom. The van der Waals surface area contributed by atoms with Gasteiger partial charge in [-0.25, -0.2) is 0 Å². The number of thioether (sulfide) groups is 4. The molecule has 1 atom stereocenters. The maximum absolute atomic E-state index is 12.6. The number of carbonyl (C=O) groups excluding carboxylic acids is 1. The maximum Gasteiger partial charge on any atom is 0.195 e. The third-order valence-corrected chi connectivity index (χ3v) is 9.09. The van der Waals surface area contributed by atoms with Crippen molar-refractivity contribution in [2.45, 2.75) is 15.3 Å². The second-order valence-electron chi connectivity index (χ2n) is 5.81. The first-order chi connectivity index (χ1) is 12.7. The van der Waals surface area contributed by atoms with Crippen LogP contribution in [0.5, 0.6) is 0 Å². The van der Waals surface area contributed by atoms with E-state index in [1.807, 2.05) is 48.5 Å². The van der Waals surface area contributed by atoms with Gasteiger partial charge in [0.05, 0.1) is 9.16 Å². The quantitative estimate of drug-likeness (QED) is 0.561. The number of aliphatic hydroxyl groups excluding tert-OH is 1.